The zero-order valence-electron chi connectivity index (χ0n) is 15.7. The van der Waals surface area contributed by atoms with Crippen molar-refractivity contribution in [2.75, 3.05) is 26.7 Å². The van der Waals surface area contributed by atoms with Gasteiger partial charge in [0.25, 0.3) is 5.91 Å². The number of ether oxygens (including phenoxy) is 2. The normalized spacial score (nSPS) is 17.5. The smallest absolute Gasteiger partial charge is 0.271 e. The molecule has 27 heavy (non-hydrogen) atoms. The molecule has 1 amide bonds. The molecule has 8 heteroatoms. The summed E-state index contributed by atoms with van der Waals surface area (Å²) in [5, 5.41) is 10.7. The fourth-order valence-corrected chi connectivity index (χ4v) is 3.02. The molecular formula is C19H27ClN4O3. The van der Waals surface area contributed by atoms with E-state index in [0.29, 0.717) is 29.8 Å². The van der Waals surface area contributed by atoms with Crippen LogP contribution in [-0.2, 0) is 0 Å². The first-order valence-corrected chi connectivity index (χ1v) is 9.01. The molecule has 0 spiro atoms. The number of carbonyl (C=O) groups excluding carboxylic acids is 1. The molecule has 1 aliphatic heterocycles. The van der Waals surface area contributed by atoms with E-state index in [1.165, 1.54) is 0 Å². The van der Waals surface area contributed by atoms with E-state index >= 15 is 0 Å². The fraction of sp³-hybridized carbons (Fsp3) is 0.474. The largest absolute Gasteiger partial charge is 0.493 e. The lowest BCUT2D eigenvalue weighted by atomic mass is 10.1. The van der Waals surface area contributed by atoms with Crippen molar-refractivity contribution in [1.82, 2.24) is 20.4 Å². The summed E-state index contributed by atoms with van der Waals surface area (Å²) in [5.41, 5.74) is 0.431. The van der Waals surface area contributed by atoms with Gasteiger partial charge in [0.1, 0.15) is 11.8 Å². The summed E-state index contributed by atoms with van der Waals surface area (Å²) in [6.07, 6.45) is 3.89. The Morgan fingerprint density at radius 3 is 2.85 bits per heavy atom. The minimum Gasteiger partial charge on any atom is -0.493 e. The SMILES string of the molecule is COc1ccccc1OC(C)CNC(=O)c1ccn(C2CCCNC2)n1.Cl. The highest BCUT2D eigenvalue weighted by atomic mass is 35.5. The Balaban J connectivity index is 0.00000261. The van der Waals surface area contributed by atoms with Crippen LogP contribution in [0.3, 0.4) is 0 Å². The van der Waals surface area contributed by atoms with Crippen LogP contribution in [0, 0.1) is 0 Å². The lowest BCUT2D eigenvalue weighted by Gasteiger charge is -2.22. The van der Waals surface area contributed by atoms with Crippen LogP contribution in [0.5, 0.6) is 11.5 Å². The van der Waals surface area contributed by atoms with Crippen molar-refractivity contribution >= 4 is 18.3 Å². The molecule has 2 aromatic rings. The van der Waals surface area contributed by atoms with E-state index < -0.39 is 0 Å². The number of hydrogen-bond donors (Lipinski definition) is 2. The summed E-state index contributed by atoms with van der Waals surface area (Å²) < 4.78 is 13.0. The Morgan fingerprint density at radius 1 is 1.37 bits per heavy atom. The van der Waals surface area contributed by atoms with Crippen molar-refractivity contribution in [2.24, 2.45) is 0 Å². The predicted octanol–water partition coefficient (Wildman–Crippen LogP) is 2.44. The van der Waals surface area contributed by atoms with E-state index in [0.717, 1.165) is 25.9 Å². The molecule has 0 bridgehead atoms. The topological polar surface area (TPSA) is 77.4 Å². The van der Waals surface area contributed by atoms with Gasteiger partial charge in [-0.3, -0.25) is 9.48 Å². The van der Waals surface area contributed by atoms with Crippen LogP contribution in [0.4, 0.5) is 0 Å². The van der Waals surface area contributed by atoms with Crippen LogP contribution < -0.4 is 20.1 Å². The molecular weight excluding hydrogens is 368 g/mol. The van der Waals surface area contributed by atoms with Crippen LogP contribution >= 0.6 is 12.4 Å². The second-order valence-corrected chi connectivity index (χ2v) is 6.47. The molecule has 148 valence electrons. The first kappa shape index (κ1) is 21.1. The van der Waals surface area contributed by atoms with Gasteiger partial charge in [-0.05, 0) is 44.5 Å². The van der Waals surface area contributed by atoms with E-state index in [1.807, 2.05) is 42.1 Å². The third-order valence-corrected chi connectivity index (χ3v) is 4.43. The van der Waals surface area contributed by atoms with Crippen molar-refractivity contribution in [3.8, 4) is 11.5 Å². The van der Waals surface area contributed by atoms with Gasteiger partial charge in [0, 0.05) is 12.7 Å². The third kappa shape index (κ3) is 5.61. The molecule has 2 atom stereocenters. The standard InChI is InChI=1S/C19H26N4O3.ClH/c1-14(26-18-8-4-3-7-17(18)25-2)12-21-19(24)16-9-11-23(22-16)15-6-5-10-20-13-15;/h3-4,7-9,11,14-15,20H,5-6,10,12-13H2,1-2H3,(H,21,24);1H. The fourth-order valence-electron chi connectivity index (χ4n) is 3.02. The second kappa shape index (κ2) is 10.2. The summed E-state index contributed by atoms with van der Waals surface area (Å²) in [5.74, 6) is 1.14. The van der Waals surface area contributed by atoms with Crippen molar-refractivity contribution in [2.45, 2.75) is 31.9 Å². The van der Waals surface area contributed by atoms with Gasteiger partial charge in [0.05, 0.1) is 19.7 Å². The van der Waals surface area contributed by atoms with Gasteiger partial charge in [-0.1, -0.05) is 12.1 Å². The maximum absolute atomic E-state index is 12.3. The third-order valence-electron chi connectivity index (χ3n) is 4.43. The molecule has 2 N–H and O–H groups in total. The lowest BCUT2D eigenvalue weighted by Crippen LogP contribution is -2.34. The van der Waals surface area contributed by atoms with Crippen LogP contribution in [-0.4, -0.2) is 48.5 Å². The molecule has 0 radical (unpaired) electrons. The Kier molecular flexibility index (Phi) is 7.94. The highest BCUT2D eigenvalue weighted by Gasteiger charge is 2.18. The molecule has 2 heterocycles. The van der Waals surface area contributed by atoms with E-state index in [9.17, 15) is 4.79 Å². The molecule has 7 nitrogen and oxygen atoms in total. The second-order valence-electron chi connectivity index (χ2n) is 6.47. The van der Waals surface area contributed by atoms with Crippen LogP contribution in [0.25, 0.3) is 0 Å². The average Bonchev–Trinajstić information content (AvgIpc) is 3.17. The van der Waals surface area contributed by atoms with Crippen molar-refractivity contribution < 1.29 is 14.3 Å². The number of halogens is 1. The first-order chi connectivity index (χ1) is 12.7. The van der Waals surface area contributed by atoms with Crippen LogP contribution in [0.1, 0.15) is 36.3 Å². The number of benzene rings is 1. The number of carbonyl (C=O) groups is 1. The molecule has 0 saturated carbocycles. The summed E-state index contributed by atoms with van der Waals surface area (Å²) in [6.45, 7) is 4.23. The van der Waals surface area contributed by atoms with E-state index in [1.54, 1.807) is 13.2 Å². The Labute approximate surface area is 165 Å². The Bertz CT molecular complexity index is 731. The van der Waals surface area contributed by atoms with Crippen LogP contribution in [0.2, 0.25) is 0 Å². The van der Waals surface area contributed by atoms with Gasteiger partial charge in [-0.2, -0.15) is 5.10 Å². The summed E-state index contributed by atoms with van der Waals surface area (Å²) >= 11 is 0. The highest BCUT2D eigenvalue weighted by Crippen LogP contribution is 2.26. The number of amides is 1. The number of para-hydroxylation sites is 2. The number of rotatable bonds is 7. The Hall–Kier alpha value is -2.25. The molecule has 1 aliphatic rings. The van der Waals surface area contributed by atoms with Gasteiger partial charge in [-0.25, -0.2) is 0 Å². The summed E-state index contributed by atoms with van der Waals surface area (Å²) in [7, 11) is 1.60. The molecule has 1 aromatic carbocycles. The van der Waals surface area contributed by atoms with Gasteiger partial charge in [0.15, 0.2) is 11.5 Å². The molecule has 1 aromatic heterocycles. The average molecular weight is 395 g/mol. The quantitative estimate of drug-likeness (QED) is 0.754. The minimum atomic E-state index is -0.195. The molecule has 1 saturated heterocycles. The zero-order valence-corrected chi connectivity index (χ0v) is 16.5. The molecule has 1 fully saturated rings. The first-order valence-electron chi connectivity index (χ1n) is 9.01. The van der Waals surface area contributed by atoms with E-state index in [2.05, 4.69) is 15.7 Å². The van der Waals surface area contributed by atoms with Crippen molar-refractivity contribution in [1.29, 1.82) is 0 Å². The van der Waals surface area contributed by atoms with E-state index in [-0.39, 0.29) is 24.4 Å². The monoisotopic (exact) mass is 394 g/mol. The maximum Gasteiger partial charge on any atom is 0.271 e. The highest BCUT2D eigenvalue weighted by molar-refractivity contribution is 5.92. The number of hydrogen-bond acceptors (Lipinski definition) is 5. The van der Waals surface area contributed by atoms with Gasteiger partial charge < -0.3 is 20.1 Å². The van der Waals surface area contributed by atoms with Crippen LogP contribution in [0.15, 0.2) is 36.5 Å². The van der Waals surface area contributed by atoms with Crippen molar-refractivity contribution in [3.63, 3.8) is 0 Å². The Morgan fingerprint density at radius 2 is 2.15 bits per heavy atom. The number of nitrogens with zero attached hydrogens (tertiary/aromatic N) is 2. The minimum absolute atomic E-state index is 0. The molecule has 2 unspecified atom stereocenters. The summed E-state index contributed by atoms with van der Waals surface area (Å²) in [6, 6.07) is 9.53. The lowest BCUT2D eigenvalue weighted by molar-refractivity contribution is 0.0925. The van der Waals surface area contributed by atoms with Gasteiger partial charge >= 0.3 is 0 Å². The number of piperidine rings is 1. The van der Waals surface area contributed by atoms with Gasteiger partial charge in [-0.15, -0.1) is 12.4 Å². The number of nitrogens with one attached hydrogen (secondary N) is 2. The summed E-state index contributed by atoms with van der Waals surface area (Å²) in [4.78, 5) is 12.3. The van der Waals surface area contributed by atoms with Crippen molar-refractivity contribution in [3.05, 3.63) is 42.2 Å². The number of methoxy groups -OCH3 is 1. The molecule has 3 rings (SSSR count). The molecule has 0 aliphatic carbocycles. The van der Waals surface area contributed by atoms with E-state index in [4.69, 9.17) is 9.47 Å². The number of aromatic nitrogens is 2. The zero-order chi connectivity index (χ0) is 18.4. The maximum atomic E-state index is 12.3. The van der Waals surface area contributed by atoms with Gasteiger partial charge in [0.2, 0.25) is 0 Å². The predicted molar refractivity (Wildman–Crippen MR) is 106 cm³/mol.